The minimum Gasteiger partial charge on any atom is -0.385 e. The Hall–Kier alpha value is -1.07. The van der Waals surface area contributed by atoms with Crippen LogP contribution in [0.15, 0.2) is 24.3 Å². The van der Waals surface area contributed by atoms with Crippen molar-refractivity contribution >= 4 is 16.6 Å². The summed E-state index contributed by atoms with van der Waals surface area (Å²) >= 11 is 0. The zero-order chi connectivity index (χ0) is 12.7. The summed E-state index contributed by atoms with van der Waals surface area (Å²) < 4.78 is 29.0. The molecule has 0 aliphatic heterocycles. The van der Waals surface area contributed by atoms with E-state index in [1.165, 1.54) is 24.3 Å². The van der Waals surface area contributed by atoms with E-state index in [2.05, 4.69) is 0 Å². The second-order valence-corrected chi connectivity index (χ2v) is 5.14. The molecule has 0 radical (unpaired) electrons. The minimum atomic E-state index is -1.18. The van der Waals surface area contributed by atoms with Gasteiger partial charge in [0.25, 0.3) is 0 Å². The van der Waals surface area contributed by atoms with Crippen LogP contribution in [0, 0.1) is 5.82 Å². The average Bonchev–Trinajstić information content (AvgIpc) is 2.30. The maximum atomic E-state index is 12.6. The van der Waals surface area contributed by atoms with Gasteiger partial charge in [-0.25, -0.2) is 4.39 Å². The summed E-state index contributed by atoms with van der Waals surface area (Å²) in [7, 11) is 0.395. The van der Waals surface area contributed by atoms with E-state index in [9.17, 15) is 13.4 Å². The average molecular weight is 258 g/mol. The van der Waals surface area contributed by atoms with Crippen molar-refractivity contribution in [3.05, 3.63) is 35.6 Å². The van der Waals surface area contributed by atoms with E-state index in [1.807, 2.05) is 0 Å². The number of halogens is 1. The molecule has 0 aromatic heterocycles. The summed E-state index contributed by atoms with van der Waals surface area (Å²) in [4.78, 5) is 11.7. The third-order valence-electron chi connectivity index (χ3n) is 2.18. The highest BCUT2D eigenvalue weighted by molar-refractivity contribution is 7.85. The molecule has 94 valence electrons. The number of methoxy groups -OCH3 is 1. The van der Waals surface area contributed by atoms with Gasteiger partial charge in [0.15, 0.2) is 5.78 Å². The largest absolute Gasteiger partial charge is 0.385 e. The Morgan fingerprint density at radius 1 is 1.35 bits per heavy atom. The van der Waals surface area contributed by atoms with E-state index in [0.717, 1.165) is 0 Å². The van der Waals surface area contributed by atoms with Gasteiger partial charge in [-0.1, -0.05) is 0 Å². The molecule has 1 unspecified atom stereocenters. The van der Waals surface area contributed by atoms with E-state index < -0.39 is 10.8 Å². The first-order chi connectivity index (χ1) is 8.13. The highest BCUT2D eigenvalue weighted by Gasteiger charge is 2.10. The van der Waals surface area contributed by atoms with Crippen molar-refractivity contribution in [2.24, 2.45) is 0 Å². The molecule has 0 amide bonds. The molecule has 0 heterocycles. The summed E-state index contributed by atoms with van der Waals surface area (Å²) in [6, 6.07) is 5.26. The van der Waals surface area contributed by atoms with Crippen molar-refractivity contribution in [3.8, 4) is 0 Å². The maximum absolute atomic E-state index is 12.6. The molecule has 1 aromatic rings. The lowest BCUT2D eigenvalue weighted by atomic mass is 10.1. The molecule has 3 nitrogen and oxygen atoms in total. The van der Waals surface area contributed by atoms with Gasteiger partial charge in [0.1, 0.15) is 5.82 Å². The predicted octanol–water partition coefficient (Wildman–Crippen LogP) is 1.79. The number of carbonyl (C=O) groups is 1. The van der Waals surface area contributed by atoms with Crippen LogP contribution in [0.5, 0.6) is 0 Å². The van der Waals surface area contributed by atoms with Crippen LogP contribution in [0.3, 0.4) is 0 Å². The molecule has 0 N–H and O–H groups in total. The molecule has 17 heavy (non-hydrogen) atoms. The smallest absolute Gasteiger partial charge is 0.175 e. The van der Waals surface area contributed by atoms with Gasteiger partial charge in [-0.2, -0.15) is 0 Å². The fourth-order valence-corrected chi connectivity index (χ4v) is 2.35. The molecule has 0 saturated carbocycles. The fourth-order valence-electron chi connectivity index (χ4n) is 1.30. The number of benzene rings is 1. The quantitative estimate of drug-likeness (QED) is 0.553. The van der Waals surface area contributed by atoms with Crippen molar-refractivity contribution < 1.29 is 18.1 Å². The Morgan fingerprint density at radius 3 is 2.59 bits per heavy atom. The Kier molecular flexibility index (Phi) is 6.00. The molecule has 0 aliphatic carbocycles. The number of hydrogen-bond donors (Lipinski definition) is 0. The van der Waals surface area contributed by atoms with Crippen LogP contribution < -0.4 is 0 Å². The van der Waals surface area contributed by atoms with Gasteiger partial charge in [0.2, 0.25) is 0 Å². The summed E-state index contributed by atoms with van der Waals surface area (Å²) in [5, 5.41) is 0. The molecule has 0 aliphatic rings. The second kappa shape index (κ2) is 7.29. The molecular formula is C12H15FO3S. The maximum Gasteiger partial charge on any atom is 0.175 e. The number of hydrogen-bond acceptors (Lipinski definition) is 3. The van der Waals surface area contributed by atoms with Crippen molar-refractivity contribution in [2.45, 2.75) is 6.42 Å². The predicted molar refractivity (Wildman–Crippen MR) is 65.1 cm³/mol. The topological polar surface area (TPSA) is 43.4 Å². The van der Waals surface area contributed by atoms with Gasteiger partial charge >= 0.3 is 0 Å². The van der Waals surface area contributed by atoms with Gasteiger partial charge in [0.05, 0.1) is 5.75 Å². The van der Waals surface area contributed by atoms with E-state index in [4.69, 9.17) is 4.74 Å². The zero-order valence-corrected chi connectivity index (χ0v) is 10.5. The molecule has 1 atom stereocenters. The third-order valence-corrected chi connectivity index (χ3v) is 3.51. The van der Waals surface area contributed by atoms with Crippen LogP contribution in [0.4, 0.5) is 4.39 Å². The van der Waals surface area contributed by atoms with Gasteiger partial charge in [-0.3, -0.25) is 9.00 Å². The van der Waals surface area contributed by atoms with Crippen LogP contribution >= 0.6 is 0 Å². The minimum absolute atomic E-state index is 0.0185. The number of ketones is 1. The van der Waals surface area contributed by atoms with Crippen LogP contribution in [0.25, 0.3) is 0 Å². The van der Waals surface area contributed by atoms with Crippen molar-refractivity contribution in [2.75, 3.05) is 25.2 Å². The highest BCUT2D eigenvalue weighted by atomic mass is 32.2. The first kappa shape index (κ1) is 14.0. The van der Waals surface area contributed by atoms with Crippen LogP contribution in [-0.2, 0) is 15.5 Å². The summed E-state index contributed by atoms with van der Waals surface area (Å²) in [5.41, 5.74) is 0.395. The van der Waals surface area contributed by atoms with Crippen molar-refractivity contribution in [3.63, 3.8) is 0 Å². The summed E-state index contributed by atoms with van der Waals surface area (Å²) in [6.07, 6.45) is 0.666. The molecule has 0 spiro atoms. The molecule has 0 fully saturated rings. The van der Waals surface area contributed by atoms with Crippen LogP contribution in [0.1, 0.15) is 16.8 Å². The molecule has 0 bridgehead atoms. The molecule has 1 aromatic carbocycles. The van der Waals surface area contributed by atoms with E-state index in [1.54, 1.807) is 7.11 Å². The highest BCUT2D eigenvalue weighted by Crippen LogP contribution is 2.05. The first-order valence-electron chi connectivity index (χ1n) is 5.26. The number of Topliss-reactive ketones (excluding diaryl/α,β-unsaturated/α-hetero) is 1. The lowest BCUT2D eigenvalue weighted by Crippen LogP contribution is -2.14. The molecule has 1 rings (SSSR count). The SMILES string of the molecule is COCCCS(=O)CC(=O)c1ccc(F)cc1. The second-order valence-electron chi connectivity index (χ2n) is 3.56. The normalized spacial score (nSPS) is 12.4. The van der Waals surface area contributed by atoms with Gasteiger partial charge in [0, 0.05) is 35.8 Å². The summed E-state index contributed by atoms with van der Waals surface area (Å²) in [5.74, 6) is -0.181. The number of ether oxygens (including phenoxy) is 1. The lowest BCUT2D eigenvalue weighted by molar-refractivity contribution is 0.102. The Labute approximate surface area is 102 Å². The Balaban J connectivity index is 2.43. The zero-order valence-electron chi connectivity index (χ0n) is 9.65. The Morgan fingerprint density at radius 2 is 2.00 bits per heavy atom. The number of carbonyl (C=O) groups excluding carboxylic acids is 1. The summed E-state index contributed by atoms with van der Waals surface area (Å²) in [6.45, 7) is 0.538. The third kappa shape index (κ3) is 5.19. The lowest BCUT2D eigenvalue weighted by Gasteiger charge is -2.02. The fraction of sp³-hybridized carbons (Fsp3) is 0.417. The standard InChI is InChI=1S/C12H15FO3S/c1-16-7-2-8-17(15)9-12(14)10-3-5-11(13)6-4-10/h3-6H,2,7-9H2,1H3. The molecule has 0 saturated heterocycles. The molecular weight excluding hydrogens is 243 g/mol. The molecule has 5 heteroatoms. The van der Waals surface area contributed by atoms with E-state index >= 15 is 0 Å². The number of rotatable bonds is 7. The van der Waals surface area contributed by atoms with Gasteiger partial charge < -0.3 is 4.74 Å². The monoisotopic (exact) mass is 258 g/mol. The van der Waals surface area contributed by atoms with Crippen LogP contribution in [0.2, 0.25) is 0 Å². The van der Waals surface area contributed by atoms with Crippen LogP contribution in [-0.4, -0.2) is 35.2 Å². The van der Waals surface area contributed by atoms with E-state index in [0.29, 0.717) is 24.3 Å². The Bertz CT molecular complexity index is 389. The van der Waals surface area contributed by atoms with Crippen molar-refractivity contribution in [1.29, 1.82) is 0 Å². The van der Waals surface area contributed by atoms with Gasteiger partial charge in [-0.15, -0.1) is 0 Å². The van der Waals surface area contributed by atoms with E-state index in [-0.39, 0.29) is 17.4 Å². The van der Waals surface area contributed by atoms with Crippen molar-refractivity contribution in [1.82, 2.24) is 0 Å². The first-order valence-corrected chi connectivity index (χ1v) is 6.75. The van der Waals surface area contributed by atoms with Gasteiger partial charge in [-0.05, 0) is 30.7 Å².